The van der Waals surface area contributed by atoms with Crippen LogP contribution >= 0.6 is 0 Å². The normalized spacial score (nSPS) is 17.0. The minimum absolute atomic E-state index is 0.0692. The molecule has 1 atom stereocenters. The van der Waals surface area contributed by atoms with Crippen LogP contribution in [0.3, 0.4) is 0 Å². The van der Waals surface area contributed by atoms with E-state index in [4.69, 9.17) is 0 Å². The van der Waals surface area contributed by atoms with E-state index >= 15 is 0 Å². The molecule has 1 aliphatic heterocycles. The van der Waals surface area contributed by atoms with Gasteiger partial charge < -0.3 is 15.5 Å². The summed E-state index contributed by atoms with van der Waals surface area (Å²) in [4.78, 5) is 30.4. The van der Waals surface area contributed by atoms with E-state index in [0.29, 0.717) is 31.3 Å². The Hall–Kier alpha value is -2.87. The Morgan fingerprint density at radius 1 is 1.24 bits per heavy atom. The Kier molecular flexibility index (Phi) is 7.24. The highest BCUT2D eigenvalue weighted by molar-refractivity contribution is 5.94. The van der Waals surface area contributed by atoms with Crippen molar-refractivity contribution in [2.75, 3.05) is 31.5 Å². The third kappa shape index (κ3) is 6.32. The van der Waals surface area contributed by atoms with Crippen molar-refractivity contribution in [1.29, 1.82) is 0 Å². The number of rotatable bonds is 7. The highest BCUT2D eigenvalue weighted by Gasteiger charge is 2.22. The van der Waals surface area contributed by atoms with E-state index in [2.05, 4.69) is 20.5 Å². The average molecular weight is 402 g/mol. The first-order valence-corrected chi connectivity index (χ1v) is 9.67. The number of carbonyl (C=O) groups is 2. The first-order chi connectivity index (χ1) is 14.0. The van der Waals surface area contributed by atoms with Crippen LogP contribution in [-0.2, 0) is 4.79 Å². The highest BCUT2D eigenvalue weighted by atomic mass is 19.1. The summed E-state index contributed by atoms with van der Waals surface area (Å²) in [5.74, 6) is -1.98. The largest absolute Gasteiger partial charge is 0.352 e. The topological polar surface area (TPSA) is 74.3 Å². The van der Waals surface area contributed by atoms with Crippen molar-refractivity contribution in [2.45, 2.75) is 19.3 Å². The molecule has 2 amide bonds. The lowest BCUT2D eigenvalue weighted by atomic mass is 9.97. The van der Waals surface area contributed by atoms with Gasteiger partial charge in [0.2, 0.25) is 5.91 Å². The molecule has 8 heteroatoms. The van der Waals surface area contributed by atoms with Crippen LogP contribution in [0.1, 0.15) is 29.6 Å². The molecule has 1 unspecified atom stereocenters. The molecule has 1 aliphatic rings. The molecule has 2 N–H and O–H groups in total. The molecule has 29 heavy (non-hydrogen) atoms. The molecule has 3 rings (SSSR count). The number of amides is 2. The molecule has 6 nitrogen and oxygen atoms in total. The van der Waals surface area contributed by atoms with Crippen molar-refractivity contribution in [1.82, 2.24) is 15.2 Å². The molecule has 154 valence electrons. The molecule has 0 aliphatic carbocycles. The van der Waals surface area contributed by atoms with Gasteiger partial charge in [0.25, 0.3) is 5.91 Å². The van der Waals surface area contributed by atoms with Gasteiger partial charge in [-0.1, -0.05) is 0 Å². The monoisotopic (exact) mass is 402 g/mol. The molecule has 0 radical (unpaired) electrons. The molecule has 1 aromatic heterocycles. The molecule has 1 aromatic carbocycles. The lowest BCUT2D eigenvalue weighted by molar-refractivity contribution is -0.116. The first kappa shape index (κ1) is 20.9. The fourth-order valence-corrected chi connectivity index (χ4v) is 3.45. The third-order valence-corrected chi connectivity index (χ3v) is 4.93. The van der Waals surface area contributed by atoms with E-state index in [1.54, 1.807) is 24.5 Å². The number of likely N-dealkylation sites (tertiary alicyclic amines) is 1. The van der Waals surface area contributed by atoms with E-state index in [1.807, 2.05) is 0 Å². The first-order valence-electron chi connectivity index (χ1n) is 9.67. The second kappa shape index (κ2) is 10.1. The summed E-state index contributed by atoms with van der Waals surface area (Å²) in [5, 5.41) is 5.55. The van der Waals surface area contributed by atoms with Crippen molar-refractivity contribution in [3.05, 3.63) is 59.9 Å². The Labute approximate surface area is 168 Å². The molecule has 2 aromatic rings. The number of carbonyl (C=O) groups excluding carboxylic acids is 2. The van der Waals surface area contributed by atoms with Crippen molar-refractivity contribution in [3.8, 4) is 0 Å². The smallest absolute Gasteiger partial charge is 0.254 e. The van der Waals surface area contributed by atoms with Gasteiger partial charge in [0.15, 0.2) is 0 Å². The van der Waals surface area contributed by atoms with Crippen LogP contribution in [-0.4, -0.2) is 47.9 Å². The number of nitrogens with one attached hydrogen (secondary N) is 2. The number of hydrogen-bond acceptors (Lipinski definition) is 4. The van der Waals surface area contributed by atoms with E-state index in [0.717, 1.165) is 38.1 Å². The number of nitrogens with zero attached hydrogens (tertiary/aromatic N) is 2. The van der Waals surface area contributed by atoms with Crippen LogP contribution in [0.4, 0.5) is 14.5 Å². The van der Waals surface area contributed by atoms with Gasteiger partial charge in [-0.3, -0.25) is 14.6 Å². The predicted molar refractivity (Wildman–Crippen MR) is 105 cm³/mol. The van der Waals surface area contributed by atoms with Crippen molar-refractivity contribution in [2.24, 2.45) is 5.92 Å². The molecule has 0 saturated carbocycles. The lowest BCUT2D eigenvalue weighted by Gasteiger charge is -2.32. The van der Waals surface area contributed by atoms with Crippen LogP contribution in [0, 0.1) is 17.6 Å². The maximum Gasteiger partial charge on any atom is 0.254 e. The maximum atomic E-state index is 13.7. The summed E-state index contributed by atoms with van der Waals surface area (Å²) < 4.78 is 26.7. The van der Waals surface area contributed by atoms with Gasteiger partial charge >= 0.3 is 0 Å². The predicted octanol–water partition coefficient (Wildman–Crippen LogP) is 2.83. The van der Waals surface area contributed by atoms with Gasteiger partial charge in [0.05, 0.1) is 17.4 Å². The number of hydrogen-bond donors (Lipinski definition) is 2. The summed E-state index contributed by atoms with van der Waals surface area (Å²) in [6.07, 6.45) is 5.53. The van der Waals surface area contributed by atoms with Gasteiger partial charge in [-0.2, -0.15) is 0 Å². The van der Waals surface area contributed by atoms with E-state index < -0.39 is 17.5 Å². The van der Waals surface area contributed by atoms with E-state index in [1.165, 1.54) is 0 Å². The average Bonchev–Trinajstić information content (AvgIpc) is 2.71. The Balaban J connectivity index is 1.42. The molecular weight excluding hydrogens is 378 g/mol. The zero-order valence-corrected chi connectivity index (χ0v) is 16.0. The fraction of sp³-hybridized carbons (Fsp3) is 0.381. The van der Waals surface area contributed by atoms with Crippen LogP contribution in [0.2, 0.25) is 0 Å². The van der Waals surface area contributed by atoms with E-state index in [-0.39, 0.29) is 17.4 Å². The summed E-state index contributed by atoms with van der Waals surface area (Å²) in [5.41, 5.74) is 0.510. The second-order valence-corrected chi connectivity index (χ2v) is 7.18. The third-order valence-electron chi connectivity index (χ3n) is 4.93. The SMILES string of the molecule is O=C(CCN1CCCC(CNC(=O)c2ccc(F)cc2F)C1)Nc1cccnc1. The minimum atomic E-state index is -0.868. The van der Waals surface area contributed by atoms with Gasteiger partial charge in [-0.15, -0.1) is 0 Å². The Morgan fingerprint density at radius 3 is 2.86 bits per heavy atom. The van der Waals surface area contributed by atoms with Gasteiger partial charge in [0.1, 0.15) is 11.6 Å². The fourth-order valence-electron chi connectivity index (χ4n) is 3.45. The van der Waals surface area contributed by atoms with Gasteiger partial charge in [-0.25, -0.2) is 8.78 Å². The van der Waals surface area contributed by atoms with E-state index in [9.17, 15) is 18.4 Å². The van der Waals surface area contributed by atoms with Crippen LogP contribution in [0.5, 0.6) is 0 Å². The zero-order valence-electron chi connectivity index (χ0n) is 16.0. The number of halogens is 2. The molecule has 1 fully saturated rings. The summed E-state index contributed by atoms with van der Waals surface area (Å²) >= 11 is 0. The zero-order chi connectivity index (χ0) is 20.6. The molecule has 1 saturated heterocycles. The maximum absolute atomic E-state index is 13.7. The number of aromatic nitrogens is 1. The molecule has 2 heterocycles. The summed E-state index contributed by atoms with van der Waals surface area (Å²) in [6, 6.07) is 6.46. The standard InChI is InChI=1S/C21H24F2N4O2/c22-16-5-6-18(19(23)11-16)21(29)25-12-15-3-2-9-27(14-15)10-7-20(28)26-17-4-1-8-24-13-17/h1,4-6,8,11,13,15H,2-3,7,9-10,12,14H2,(H,25,29)(H,26,28). The number of anilines is 1. The van der Waals surface area contributed by atoms with Gasteiger partial charge in [-0.05, 0) is 49.6 Å². The highest BCUT2D eigenvalue weighted by Crippen LogP contribution is 2.17. The van der Waals surface area contributed by atoms with Gasteiger partial charge in [0, 0.05) is 38.3 Å². The van der Waals surface area contributed by atoms with Crippen molar-refractivity contribution in [3.63, 3.8) is 0 Å². The van der Waals surface area contributed by atoms with Crippen LogP contribution < -0.4 is 10.6 Å². The summed E-state index contributed by atoms with van der Waals surface area (Å²) in [6.45, 7) is 2.70. The van der Waals surface area contributed by atoms with Crippen LogP contribution in [0.25, 0.3) is 0 Å². The summed E-state index contributed by atoms with van der Waals surface area (Å²) in [7, 11) is 0. The minimum Gasteiger partial charge on any atom is -0.352 e. The quantitative estimate of drug-likeness (QED) is 0.747. The number of piperidine rings is 1. The van der Waals surface area contributed by atoms with Crippen LogP contribution in [0.15, 0.2) is 42.7 Å². The molecular formula is C21H24F2N4O2. The number of pyridine rings is 1. The second-order valence-electron chi connectivity index (χ2n) is 7.18. The number of benzene rings is 1. The Bertz CT molecular complexity index is 848. The van der Waals surface area contributed by atoms with Crippen molar-refractivity contribution >= 4 is 17.5 Å². The molecule has 0 bridgehead atoms. The lowest BCUT2D eigenvalue weighted by Crippen LogP contribution is -2.42. The molecule has 0 spiro atoms. The Morgan fingerprint density at radius 2 is 2.10 bits per heavy atom. The van der Waals surface area contributed by atoms with Crippen molar-refractivity contribution < 1.29 is 18.4 Å².